The summed E-state index contributed by atoms with van der Waals surface area (Å²) in [6.45, 7) is 3.49. The minimum absolute atomic E-state index is 0.0264. The molecule has 1 aliphatic heterocycles. The number of furan rings is 1. The van der Waals surface area contributed by atoms with Crippen LogP contribution in [0.5, 0.6) is 0 Å². The number of rotatable bonds is 6. The zero-order valence-electron chi connectivity index (χ0n) is 20.6. The lowest BCUT2D eigenvalue weighted by molar-refractivity contribution is -0.139. The Labute approximate surface area is 229 Å². The topological polar surface area (TPSA) is 111 Å². The highest BCUT2D eigenvalue weighted by Crippen LogP contribution is 2.31. The van der Waals surface area contributed by atoms with Gasteiger partial charge in [0.25, 0.3) is 5.56 Å². The van der Waals surface area contributed by atoms with E-state index in [4.69, 9.17) is 20.8 Å². The first-order chi connectivity index (χ1) is 18.7. The van der Waals surface area contributed by atoms with Gasteiger partial charge in [-0.15, -0.1) is 0 Å². The SMILES string of the molecule is CCOC(=O)C1=C(C)N=c2s/c(=C\c3ccc(-c4ccc(C(=O)O)c(Cl)c4)o3)c(=O)n2[C@@H]1c1ccc(F)cc1. The fourth-order valence-corrected chi connectivity index (χ4v) is 5.60. The summed E-state index contributed by atoms with van der Waals surface area (Å²) in [5.41, 5.74) is 1.26. The second-order valence-corrected chi connectivity index (χ2v) is 9.97. The third kappa shape index (κ3) is 4.96. The molecule has 8 nitrogen and oxygen atoms in total. The number of thiazole rings is 1. The van der Waals surface area contributed by atoms with Crippen LogP contribution in [-0.4, -0.2) is 28.2 Å². The van der Waals surface area contributed by atoms with Crippen LogP contribution in [0.3, 0.4) is 0 Å². The summed E-state index contributed by atoms with van der Waals surface area (Å²) in [5, 5.41) is 9.26. The fraction of sp³-hybridized carbons (Fsp3) is 0.143. The summed E-state index contributed by atoms with van der Waals surface area (Å²) in [7, 11) is 0. The van der Waals surface area contributed by atoms with Gasteiger partial charge in [-0.3, -0.25) is 9.36 Å². The number of fused-ring (bicyclic) bond motifs is 1. The van der Waals surface area contributed by atoms with Crippen molar-refractivity contribution in [2.45, 2.75) is 19.9 Å². The number of aromatic nitrogens is 1. The Balaban J connectivity index is 1.60. The zero-order chi connectivity index (χ0) is 27.8. The van der Waals surface area contributed by atoms with Crippen LogP contribution in [0.1, 0.15) is 41.6 Å². The van der Waals surface area contributed by atoms with Gasteiger partial charge in [0, 0.05) is 11.6 Å². The highest BCUT2D eigenvalue weighted by atomic mass is 35.5. The van der Waals surface area contributed by atoms with E-state index in [1.54, 1.807) is 38.1 Å². The minimum atomic E-state index is -1.14. The minimum Gasteiger partial charge on any atom is -0.478 e. The van der Waals surface area contributed by atoms with E-state index in [0.717, 1.165) is 11.3 Å². The first-order valence-electron chi connectivity index (χ1n) is 11.8. The van der Waals surface area contributed by atoms with E-state index in [9.17, 15) is 23.9 Å². The molecule has 0 amide bonds. The highest BCUT2D eigenvalue weighted by molar-refractivity contribution is 7.07. The van der Waals surface area contributed by atoms with Crippen molar-refractivity contribution in [3.63, 3.8) is 0 Å². The van der Waals surface area contributed by atoms with Crippen molar-refractivity contribution >= 4 is 41.0 Å². The van der Waals surface area contributed by atoms with Gasteiger partial charge >= 0.3 is 11.9 Å². The first-order valence-corrected chi connectivity index (χ1v) is 13.0. The molecule has 0 fully saturated rings. The van der Waals surface area contributed by atoms with E-state index in [0.29, 0.717) is 37.7 Å². The molecular weight excluding hydrogens is 547 g/mol. The standard InChI is InChI=1S/C28H20ClFN2O6S/c1-3-37-27(36)23-14(2)31-28-32(24(23)15-4-7-17(30)8-5-15)25(33)22(39-28)13-18-9-11-21(38-18)16-6-10-19(26(34)35)20(29)12-16/h4-13,24H,3H2,1-2H3,(H,34,35)/b22-13-/t24-/m1/s1. The maximum Gasteiger partial charge on any atom is 0.338 e. The lowest BCUT2D eigenvalue weighted by atomic mass is 9.96. The number of carbonyl (C=O) groups excluding carboxylic acids is 1. The van der Waals surface area contributed by atoms with Crippen molar-refractivity contribution < 1.29 is 28.2 Å². The Kier molecular flexibility index (Phi) is 7.07. The van der Waals surface area contributed by atoms with Crippen LogP contribution in [0.25, 0.3) is 17.4 Å². The molecule has 0 spiro atoms. The van der Waals surface area contributed by atoms with E-state index >= 15 is 0 Å². The van der Waals surface area contributed by atoms with Crippen LogP contribution in [0, 0.1) is 5.82 Å². The monoisotopic (exact) mass is 566 g/mol. The molecule has 0 radical (unpaired) electrons. The normalized spacial score (nSPS) is 15.2. The van der Waals surface area contributed by atoms with Crippen LogP contribution in [0.2, 0.25) is 5.02 Å². The number of allylic oxidation sites excluding steroid dienone is 1. The molecule has 2 aromatic carbocycles. The predicted molar refractivity (Wildman–Crippen MR) is 143 cm³/mol. The summed E-state index contributed by atoms with van der Waals surface area (Å²) < 4.78 is 26.5. The Morgan fingerprint density at radius 2 is 1.95 bits per heavy atom. The molecule has 2 aromatic heterocycles. The number of halogens is 2. The van der Waals surface area contributed by atoms with E-state index in [1.807, 2.05) is 0 Å². The van der Waals surface area contributed by atoms with Crippen molar-refractivity contribution in [2.75, 3.05) is 6.61 Å². The summed E-state index contributed by atoms with van der Waals surface area (Å²) in [4.78, 5) is 42.7. The molecule has 198 valence electrons. The molecular formula is C28H20ClFN2O6S. The van der Waals surface area contributed by atoms with Gasteiger partial charge in [-0.1, -0.05) is 41.1 Å². The summed E-state index contributed by atoms with van der Waals surface area (Å²) in [6.07, 6.45) is 1.56. The Bertz CT molecular complexity index is 1830. The van der Waals surface area contributed by atoms with Crippen LogP contribution in [0.15, 0.2) is 80.1 Å². The number of nitrogens with zero attached hydrogens (tertiary/aromatic N) is 2. The molecule has 0 saturated carbocycles. The molecule has 0 aliphatic carbocycles. The van der Waals surface area contributed by atoms with Crippen LogP contribution >= 0.6 is 22.9 Å². The zero-order valence-corrected chi connectivity index (χ0v) is 22.2. The average molecular weight is 567 g/mol. The van der Waals surface area contributed by atoms with Gasteiger partial charge in [-0.2, -0.15) is 0 Å². The maximum atomic E-state index is 13.7. The van der Waals surface area contributed by atoms with E-state index in [1.165, 1.54) is 41.0 Å². The predicted octanol–water partition coefficient (Wildman–Crippen LogP) is 4.55. The summed E-state index contributed by atoms with van der Waals surface area (Å²) in [6, 6.07) is 12.5. The molecule has 1 N–H and O–H groups in total. The molecule has 0 bridgehead atoms. The smallest absolute Gasteiger partial charge is 0.338 e. The van der Waals surface area contributed by atoms with Crippen LogP contribution in [0.4, 0.5) is 4.39 Å². The lowest BCUT2D eigenvalue weighted by Crippen LogP contribution is -2.39. The lowest BCUT2D eigenvalue weighted by Gasteiger charge is -2.24. The molecule has 1 aliphatic rings. The van der Waals surface area contributed by atoms with Gasteiger partial charge in [-0.25, -0.2) is 19.0 Å². The Morgan fingerprint density at radius 1 is 1.21 bits per heavy atom. The maximum absolute atomic E-state index is 13.7. The summed E-state index contributed by atoms with van der Waals surface area (Å²) >= 11 is 7.21. The number of hydrogen-bond acceptors (Lipinski definition) is 7. The first kappa shape index (κ1) is 26.3. The van der Waals surface area contributed by atoms with E-state index in [2.05, 4.69) is 4.99 Å². The van der Waals surface area contributed by atoms with Crippen molar-refractivity contribution in [3.8, 4) is 11.3 Å². The van der Waals surface area contributed by atoms with Crippen LogP contribution < -0.4 is 14.9 Å². The van der Waals surface area contributed by atoms with Gasteiger partial charge in [0.15, 0.2) is 4.80 Å². The number of esters is 1. The second-order valence-electron chi connectivity index (χ2n) is 8.56. The van der Waals surface area contributed by atoms with Crippen molar-refractivity contribution in [1.82, 2.24) is 4.57 Å². The largest absolute Gasteiger partial charge is 0.478 e. The van der Waals surface area contributed by atoms with Crippen molar-refractivity contribution in [3.05, 3.63) is 113 Å². The molecule has 39 heavy (non-hydrogen) atoms. The van der Waals surface area contributed by atoms with Crippen molar-refractivity contribution in [2.24, 2.45) is 4.99 Å². The number of ether oxygens (including phenoxy) is 1. The number of carbonyl (C=O) groups is 2. The number of aromatic carboxylic acids is 1. The molecule has 4 aromatic rings. The fourth-order valence-electron chi connectivity index (χ4n) is 4.31. The highest BCUT2D eigenvalue weighted by Gasteiger charge is 2.33. The molecule has 0 saturated heterocycles. The Morgan fingerprint density at radius 3 is 2.62 bits per heavy atom. The van der Waals surface area contributed by atoms with Gasteiger partial charge in [0.1, 0.15) is 17.3 Å². The quantitative estimate of drug-likeness (QED) is 0.343. The number of hydrogen-bond donors (Lipinski definition) is 1. The third-order valence-electron chi connectivity index (χ3n) is 6.09. The van der Waals surface area contributed by atoms with Gasteiger partial charge < -0.3 is 14.3 Å². The molecule has 11 heteroatoms. The number of carboxylic acid groups (broad SMARTS) is 1. The molecule has 0 unspecified atom stereocenters. The van der Waals surface area contributed by atoms with Crippen LogP contribution in [-0.2, 0) is 9.53 Å². The number of benzene rings is 2. The number of carboxylic acids is 1. The second kappa shape index (κ2) is 10.5. The molecule has 3 heterocycles. The Hall–Kier alpha value is -4.28. The average Bonchev–Trinajstić information content (AvgIpc) is 3.48. The van der Waals surface area contributed by atoms with Gasteiger partial charge in [0.05, 0.1) is 39.0 Å². The summed E-state index contributed by atoms with van der Waals surface area (Å²) in [5.74, 6) is -1.39. The molecule has 1 atom stereocenters. The molecule has 5 rings (SSSR count). The van der Waals surface area contributed by atoms with E-state index in [-0.39, 0.29) is 22.8 Å². The van der Waals surface area contributed by atoms with E-state index < -0.39 is 29.4 Å². The van der Waals surface area contributed by atoms with Gasteiger partial charge in [-0.05, 0) is 55.8 Å². The van der Waals surface area contributed by atoms with Gasteiger partial charge in [0.2, 0.25) is 0 Å². The third-order valence-corrected chi connectivity index (χ3v) is 7.38. The van der Waals surface area contributed by atoms with Crippen molar-refractivity contribution in [1.29, 1.82) is 0 Å².